The summed E-state index contributed by atoms with van der Waals surface area (Å²) < 4.78 is 5.36. The van der Waals surface area contributed by atoms with Gasteiger partial charge in [0.05, 0.1) is 6.04 Å². The van der Waals surface area contributed by atoms with E-state index in [-0.39, 0.29) is 0 Å². The summed E-state index contributed by atoms with van der Waals surface area (Å²) in [6.45, 7) is 3.20. The second-order valence-electron chi connectivity index (χ2n) is 4.66. The molecule has 1 atom stereocenters. The Balaban J connectivity index is 1.71. The molecule has 2 saturated heterocycles. The largest absolute Gasteiger partial charge is 0.338 e. The fourth-order valence-electron chi connectivity index (χ4n) is 2.53. The molecular formula is C11H18N4O. The number of nitrogens with zero attached hydrogens (tertiary/aromatic N) is 2. The Morgan fingerprint density at radius 1 is 1.12 bits per heavy atom. The van der Waals surface area contributed by atoms with Crippen LogP contribution in [0, 0.1) is 0 Å². The molecule has 5 nitrogen and oxygen atoms in total. The number of nitrogens with one attached hydrogen (secondary N) is 2. The van der Waals surface area contributed by atoms with Gasteiger partial charge in [0.15, 0.2) is 5.82 Å². The predicted molar refractivity (Wildman–Crippen MR) is 59.1 cm³/mol. The average molecular weight is 222 g/mol. The van der Waals surface area contributed by atoms with Gasteiger partial charge in [0.1, 0.15) is 0 Å². The summed E-state index contributed by atoms with van der Waals surface area (Å²) >= 11 is 0. The van der Waals surface area contributed by atoms with Gasteiger partial charge in [0.2, 0.25) is 5.89 Å². The molecule has 0 radical (unpaired) electrons. The van der Waals surface area contributed by atoms with Crippen molar-refractivity contribution in [2.24, 2.45) is 0 Å². The van der Waals surface area contributed by atoms with E-state index in [0.29, 0.717) is 12.0 Å². The maximum atomic E-state index is 5.36. The highest BCUT2D eigenvalue weighted by Crippen LogP contribution is 2.26. The lowest BCUT2D eigenvalue weighted by atomic mass is 9.98. The van der Waals surface area contributed by atoms with E-state index in [1.807, 2.05) is 0 Å². The first kappa shape index (κ1) is 10.2. The standard InChI is InChI=1S/C11H18N4O/c1-2-9(13-5-1)11-14-10(15-16-11)8-3-6-12-7-4-8/h8-9,12-13H,1-7H2. The lowest BCUT2D eigenvalue weighted by Crippen LogP contribution is -2.27. The van der Waals surface area contributed by atoms with Crippen molar-refractivity contribution < 1.29 is 4.52 Å². The third-order valence-electron chi connectivity index (χ3n) is 3.52. The minimum Gasteiger partial charge on any atom is -0.338 e. The van der Waals surface area contributed by atoms with E-state index in [1.54, 1.807) is 0 Å². The second-order valence-corrected chi connectivity index (χ2v) is 4.66. The van der Waals surface area contributed by atoms with E-state index in [4.69, 9.17) is 4.52 Å². The van der Waals surface area contributed by atoms with Gasteiger partial charge >= 0.3 is 0 Å². The van der Waals surface area contributed by atoms with Crippen LogP contribution in [0.5, 0.6) is 0 Å². The predicted octanol–water partition coefficient (Wildman–Crippen LogP) is 0.961. The topological polar surface area (TPSA) is 63.0 Å². The molecule has 0 aromatic carbocycles. The molecule has 5 heteroatoms. The lowest BCUT2D eigenvalue weighted by molar-refractivity contribution is 0.335. The Morgan fingerprint density at radius 2 is 2.00 bits per heavy atom. The van der Waals surface area contributed by atoms with Gasteiger partial charge in [-0.2, -0.15) is 4.98 Å². The van der Waals surface area contributed by atoms with Crippen LogP contribution in [0.15, 0.2) is 4.52 Å². The van der Waals surface area contributed by atoms with E-state index >= 15 is 0 Å². The SMILES string of the molecule is C1CNC(c2nc(C3CCNCC3)no2)C1. The number of piperidine rings is 1. The third-order valence-corrected chi connectivity index (χ3v) is 3.52. The quantitative estimate of drug-likeness (QED) is 0.780. The summed E-state index contributed by atoms with van der Waals surface area (Å²) in [6, 6.07) is 0.294. The van der Waals surface area contributed by atoms with Gasteiger partial charge in [-0.1, -0.05) is 5.16 Å². The lowest BCUT2D eigenvalue weighted by Gasteiger charge is -2.19. The Labute approximate surface area is 95.0 Å². The fraction of sp³-hybridized carbons (Fsp3) is 0.818. The first-order valence-corrected chi connectivity index (χ1v) is 6.21. The molecule has 0 saturated carbocycles. The molecule has 1 aromatic rings. The van der Waals surface area contributed by atoms with Gasteiger partial charge in [0, 0.05) is 5.92 Å². The van der Waals surface area contributed by atoms with Crippen molar-refractivity contribution in [1.29, 1.82) is 0 Å². The summed E-state index contributed by atoms with van der Waals surface area (Å²) in [7, 11) is 0. The van der Waals surface area contributed by atoms with Crippen molar-refractivity contribution in [3.05, 3.63) is 11.7 Å². The maximum Gasteiger partial charge on any atom is 0.243 e. The van der Waals surface area contributed by atoms with Crippen molar-refractivity contribution in [2.45, 2.75) is 37.6 Å². The third kappa shape index (κ3) is 1.97. The molecule has 1 aromatic heterocycles. The van der Waals surface area contributed by atoms with Gasteiger partial charge in [-0.25, -0.2) is 0 Å². The Morgan fingerprint density at radius 3 is 2.75 bits per heavy atom. The van der Waals surface area contributed by atoms with Gasteiger partial charge in [-0.3, -0.25) is 0 Å². The molecule has 3 heterocycles. The average Bonchev–Trinajstić information content (AvgIpc) is 3.01. The van der Waals surface area contributed by atoms with Crippen LogP contribution in [-0.4, -0.2) is 29.8 Å². The highest BCUT2D eigenvalue weighted by Gasteiger charge is 2.25. The summed E-state index contributed by atoms with van der Waals surface area (Å²) in [5, 5.41) is 10.9. The van der Waals surface area contributed by atoms with Crippen LogP contribution in [0.2, 0.25) is 0 Å². The molecule has 0 bridgehead atoms. The molecule has 16 heavy (non-hydrogen) atoms. The molecule has 2 N–H and O–H groups in total. The zero-order chi connectivity index (χ0) is 10.8. The van der Waals surface area contributed by atoms with Gasteiger partial charge < -0.3 is 15.2 Å². The molecule has 88 valence electrons. The highest BCUT2D eigenvalue weighted by molar-refractivity contribution is 5.01. The smallest absolute Gasteiger partial charge is 0.243 e. The Hall–Kier alpha value is -0.940. The maximum absolute atomic E-state index is 5.36. The van der Waals surface area contributed by atoms with Crippen LogP contribution in [0.1, 0.15) is 49.4 Å². The minimum absolute atomic E-state index is 0.294. The molecule has 2 aliphatic rings. The normalized spacial score (nSPS) is 27.4. The first-order chi connectivity index (χ1) is 7.93. The monoisotopic (exact) mass is 222 g/mol. The van der Waals surface area contributed by atoms with Crippen LogP contribution in [0.3, 0.4) is 0 Å². The molecular weight excluding hydrogens is 204 g/mol. The van der Waals surface area contributed by atoms with Crippen LogP contribution in [-0.2, 0) is 0 Å². The van der Waals surface area contributed by atoms with Crippen molar-refractivity contribution >= 4 is 0 Å². The van der Waals surface area contributed by atoms with Crippen molar-refractivity contribution in [3.63, 3.8) is 0 Å². The molecule has 2 fully saturated rings. The molecule has 1 unspecified atom stereocenters. The Kier molecular flexibility index (Phi) is 2.88. The van der Waals surface area contributed by atoms with E-state index in [0.717, 1.165) is 50.6 Å². The molecule has 3 rings (SSSR count). The highest BCUT2D eigenvalue weighted by atomic mass is 16.5. The summed E-state index contributed by atoms with van der Waals surface area (Å²) in [5.41, 5.74) is 0. The van der Waals surface area contributed by atoms with Crippen LogP contribution in [0.4, 0.5) is 0 Å². The summed E-state index contributed by atoms with van der Waals surface area (Å²) in [4.78, 5) is 4.55. The molecule has 0 amide bonds. The van der Waals surface area contributed by atoms with E-state index in [2.05, 4.69) is 20.8 Å². The van der Waals surface area contributed by atoms with Gasteiger partial charge in [0.25, 0.3) is 0 Å². The van der Waals surface area contributed by atoms with Crippen LogP contribution in [0.25, 0.3) is 0 Å². The first-order valence-electron chi connectivity index (χ1n) is 6.21. The van der Waals surface area contributed by atoms with Crippen LogP contribution < -0.4 is 10.6 Å². The molecule has 0 aliphatic carbocycles. The zero-order valence-corrected chi connectivity index (χ0v) is 9.41. The fourth-order valence-corrected chi connectivity index (χ4v) is 2.53. The second kappa shape index (κ2) is 4.51. The Bertz CT molecular complexity index is 340. The van der Waals surface area contributed by atoms with Gasteiger partial charge in [-0.05, 0) is 45.3 Å². The van der Waals surface area contributed by atoms with E-state index in [1.165, 1.54) is 6.42 Å². The summed E-state index contributed by atoms with van der Waals surface area (Å²) in [6.07, 6.45) is 4.57. The zero-order valence-electron chi connectivity index (χ0n) is 9.41. The molecule has 2 aliphatic heterocycles. The van der Waals surface area contributed by atoms with E-state index < -0.39 is 0 Å². The number of hydrogen-bond donors (Lipinski definition) is 2. The molecule has 0 spiro atoms. The minimum atomic E-state index is 0.294. The summed E-state index contributed by atoms with van der Waals surface area (Å²) in [5.74, 6) is 2.18. The number of aromatic nitrogens is 2. The number of rotatable bonds is 2. The van der Waals surface area contributed by atoms with Crippen molar-refractivity contribution in [1.82, 2.24) is 20.8 Å². The van der Waals surface area contributed by atoms with Gasteiger partial charge in [-0.15, -0.1) is 0 Å². The number of hydrogen-bond acceptors (Lipinski definition) is 5. The van der Waals surface area contributed by atoms with E-state index in [9.17, 15) is 0 Å². The van der Waals surface area contributed by atoms with Crippen LogP contribution >= 0.6 is 0 Å². The van der Waals surface area contributed by atoms with Crippen molar-refractivity contribution in [3.8, 4) is 0 Å². The van der Waals surface area contributed by atoms with Crippen molar-refractivity contribution in [2.75, 3.05) is 19.6 Å².